The lowest BCUT2D eigenvalue weighted by Crippen LogP contribution is -2.46. The van der Waals surface area contributed by atoms with E-state index in [9.17, 15) is 22.9 Å². The normalized spacial score (nSPS) is 13.7. The van der Waals surface area contributed by atoms with Gasteiger partial charge in [-0.05, 0) is 44.9 Å². The second kappa shape index (κ2) is 34.4. The van der Waals surface area contributed by atoms with Crippen molar-refractivity contribution in [3.8, 4) is 0 Å². The highest BCUT2D eigenvalue weighted by Crippen LogP contribution is 2.15. The molecule has 276 valence electrons. The fraction of sp³-hybridized carbons (Fsp3) is 0.825. The van der Waals surface area contributed by atoms with Gasteiger partial charge in [0, 0.05) is 6.42 Å². The Hall–Kier alpha value is -1.44. The van der Waals surface area contributed by atoms with Crippen molar-refractivity contribution in [3.63, 3.8) is 0 Å². The van der Waals surface area contributed by atoms with Crippen LogP contribution in [0.2, 0.25) is 0 Å². The third-order valence-corrected chi connectivity index (χ3v) is 9.57. The van der Waals surface area contributed by atoms with Crippen molar-refractivity contribution in [1.82, 2.24) is 5.32 Å². The highest BCUT2D eigenvalue weighted by atomic mass is 32.2. The van der Waals surface area contributed by atoms with Crippen LogP contribution in [0.15, 0.2) is 36.5 Å². The molecular formula is C40H75NO5S. The number of allylic oxidation sites excluding steroid dienone is 5. The van der Waals surface area contributed by atoms with Gasteiger partial charge in [-0.2, -0.15) is 8.42 Å². The van der Waals surface area contributed by atoms with E-state index in [0.29, 0.717) is 6.42 Å². The molecule has 0 saturated heterocycles. The van der Waals surface area contributed by atoms with Crippen LogP contribution >= 0.6 is 0 Å². The molecule has 0 heterocycles. The summed E-state index contributed by atoms with van der Waals surface area (Å²) in [5.41, 5.74) is 0. The number of aliphatic hydroxyl groups is 1. The molecule has 0 fully saturated rings. The van der Waals surface area contributed by atoms with E-state index in [1.54, 1.807) is 6.08 Å². The van der Waals surface area contributed by atoms with Crippen LogP contribution < -0.4 is 5.32 Å². The fourth-order valence-electron chi connectivity index (χ4n) is 5.84. The number of carbonyl (C=O) groups excluding carboxylic acids is 1. The zero-order valence-electron chi connectivity index (χ0n) is 30.7. The highest BCUT2D eigenvalue weighted by Gasteiger charge is 2.24. The molecule has 0 aromatic carbocycles. The standard InChI is InChI=1S/C40H75NO5S/c1-3-5-7-9-11-13-15-17-18-19-20-21-22-24-25-27-29-31-33-35-39(42)38(37-47(44,45)46)41-40(43)36-34-32-30-28-26-23-16-14-12-10-8-6-4-2/h8,10,14,16,33,35,38-39,42H,3-7,9,11-13,15,17-32,34,36-37H2,1-2H3,(H,41,43)(H,44,45,46)/b10-8-,16-14-,35-33+. The number of hydrogen-bond donors (Lipinski definition) is 3. The summed E-state index contributed by atoms with van der Waals surface area (Å²) in [6.45, 7) is 4.45. The molecule has 0 aromatic rings. The Balaban J connectivity index is 3.94. The molecular weight excluding hydrogens is 607 g/mol. The smallest absolute Gasteiger partial charge is 0.267 e. The molecule has 1 amide bonds. The van der Waals surface area contributed by atoms with E-state index >= 15 is 0 Å². The van der Waals surface area contributed by atoms with E-state index in [1.807, 2.05) is 6.08 Å². The molecule has 0 saturated carbocycles. The molecule has 2 unspecified atom stereocenters. The van der Waals surface area contributed by atoms with E-state index < -0.39 is 28.0 Å². The second-order valence-electron chi connectivity index (χ2n) is 13.6. The van der Waals surface area contributed by atoms with Gasteiger partial charge in [-0.3, -0.25) is 9.35 Å². The van der Waals surface area contributed by atoms with Crippen LogP contribution in [0.1, 0.15) is 194 Å². The van der Waals surface area contributed by atoms with Gasteiger partial charge in [0.2, 0.25) is 5.91 Å². The zero-order chi connectivity index (χ0) is 34.7. The summed E-state index contributed by atoms with van der Waals surface area (Å²) in [6, 6.07) is -1.06. The topological polar surface area (TPSA) is 104 Å². The van der Waals surface area contributed by atoms with Crippen LogP contribution in [0, 0.1) is 0 Å². The lowest BCUT2D eigenvalue weighted by atomic mass is 10.0. The van der Waals surface area contributed by atoms with Crippen molar-refractivity contribution >= 4 is 16.0 Å². The first-order valence-electron chi connectivity index (χ1n) is 19.7. The van der Waals surface area contributed by atoms with Crippen molar-refractivity contribution in [2.24, 2.45) is 0 Å². The Morgan fingerprint density at radius 2 is 1.00 bits per heavy atom. The van der Waals surface area contributed by atoms with Crippen molar-refractivity contribution < 1.29 is 22.9 Å². The summed E-state index contributed by atoms with van der Waals surface area (Å²) in [7, 11) is -4.34. The molecule has 0 spiro atoms. The van der Waals surface area contributed by atoms with Crippen molar-refractivity contribution in [3.05, 3.63) is 36.5 Å². The van der Waals surface area contributed by atoms with E-state index in [4.69, 9.17) is 0 Å². The van der Waals surface area contributed by atoms with Gasteiger partial charge >= 0.3 is 0 Å². The van der Waals surface area contributed by atoms with Crippen LogP contribution in [-0.4, -0.2) is 41.9 Å². The van der Waals surface area contributed by atoms with Gasteiger partial charge in [-0.25, -0.2) is 0 Å². The van der Waals surface area contributed by atoms with E-state index in [-0.39, 0.29) is 12.3 Å². The minimum atomic E-state index is -4.34. The molecule has 0 radical (unpaired) electrons. The van der Waals surface area contributed by atoms with Crippen molar-refractivity contribution in [1.29, 1.82) is 0 Å². The third kappa shape index (κ3) is 35.7. The zero-order valence-corrected chi connectivity index (χ0v) is 31.5. The molecule has 0 bridgehead atoms. The van der Waals surface area contributed by atoms with Crippen LogP contribution in [0.25, 0.3) is 0 Å². The summed E-state index contributed by atoms with van der Waals surface area (Å²) in [4.78, 5) is 12.5. The molecule has 47 heavy (non-hydrogen) atoms. The molecule has 0 aromatic heterocycles. The van der Waals surface area contributed by atoms with Crippen molar-refractivity contribution in [2.45, 2.75) is 206 Å². The number of rotatable bonds is 35. The third-order valence-electron chi connectivity index (χ3n) is 8.79. The monoisotopic (exact) mass is 682 g/mol. The maximum absolute atomic E-state index is 12.5. The lowest BCUT2D eigenvalue weighted by molar-refractivity contribution is -0.122. The Morgan fingerprint density at radius 3 is 1.47 bits per heavy atom. The van der Waals surface area contributed by atoms with Gasteiger partial charge in [0.25, 0.3) is 10.1 Å². The first kappa shape index (κ1) is 45.6. The molecule has 6 nitrogen and oxygen atoms in total. The second-order valence-corrected chi connectivity index (χ2v) is 15.1. The predicted octanol–water partition coefficient (Wildman–Crippen LogP) is 11.4. The molecule has 0 rings (SSSR count). The number of nitrogens with one attached hydrogen (secondary N) is 1. The number of hydrogen-bond acceptors (Lipinski definition) is 4. The van der Waals surface area contributed by atoms with E-state index in [1.165, 1.54) is 103 Å². The van der Waals surface area contributed by atoms with Gasteiger partial charge in [0.1, 0.15) is 0 Å². The number of amides is 1. The van der Waals surface area contributed by atoms with Crippen LogP contribution in [0.5, 0.6) is 0 Å². The van der Waals surface area contributed by atoms with Gasteiger partial charge in [-0.15, -0.1) is 0 Å². The van der Waals surface area contributed by atoms with E-state index in [0.717, 1.165) is 64.2 Å². The SMILES string of the molecule is CCC/C=C\C/C=C\CCCCCCCC(=O)NC(CS(=O)(=O)O)C(O)/C=C/CCCCCCCCCCCCCCCCCCC. The minimum Gasteiger partial charge on any atom is -0.387 e. The molecule has 2 atom stereocenters. The first-order chi connectivity index (χ1) is 22.8. The molecule has 0 aliphatic heterocycles. The highest BCUT2D eigenvalue weighted by molar-refractivity contribution is 7.85. The van der Waals surface area contributed by atoms with Crippen LogP contribution in [-0.2, 0) is 14.9 Å². The Bertz CT molecular complexity index is 883. The summed E-state index contributed by atoms with van der Waals surface area (Å²) in [5, 5.41) is 13.2. The van der Waals surface area contributed by atoms with Gasteiger partial charge in [-0.1, -0.05) is 179 Å². The number of aliphatic hydroxyl groups excluding tert-OH is 1. The molecule has 0 aliphatic rings. The van der Waals surface area contributed by atoms with Crippen LogP contribution in [0.3, 0.4) is 0 Å². The maximum Gasteiger partial charge on any atom is 0.267 e. The van der Waals surface area contributed by atoms with Gasteiger partial charge < -0.3 is 10.4 Å². The lowest BCUT2D eigenvalue weighted by Gasteiger charge is -2.21. The summed E-state index contributed by atoms with van der Waals surface area (Å²) < 4.78 is 32.4. The molecule has 3 N–H and O–H groups in total. The Morgan fingerprint density at radius 1 is 0.574 bits per heavy atom. The summed E-state index contributed by atoms with van der Waals surface area (Å²) in [5.74, 6) is -0.996. The maximum atomic E-state index is 12.5. The molecule has 7 heteroatoms. The first-order valence-corrected chi connectivity index (χ1v) is 21.3. The minimum absolute atomic E-state index is 0.279. The average molecular weight is 682 g/mol. The molecule has 0 aliphatic carbocycles. The quantitative estimate of drug-likeness (QED) is 0.0351. The largest absolute Gasteiger partial charge is 0.387 e. The Labute approximate surface area is 291 Å². The Kier molecular flexibility index (Phi) is 33.4. The number of unbranched alkanes of at least 4 members (excludes halogenated alkanes) is 23. The number of carbonyl (C=O) groups is 1. The predicted molar refractivity (Wildman–Crippen MR) is 202 cm³/mol. The van der Waals surface area contributed by atoms with Crippen LogP contribution in [0.4, 0.5) is 0 Å². The summed E-state index contributed by atoms with van der Waals surface area (Å²) in [6.07, 6.45) is 44.1. The van der Waals surface area contributed by atoms with Gasteiger partial charge in [0.05, 0.1) is 17.9 Å². The van der Waals surface area contributed by atoms with Gasteiger partial charge in [0.15, 0.2) is 0 Å². The average Bonchev–Trinajstić information content (AvgIpc) is 3.03. The fourth-order valence-corrected chi connectivity index (χ4v) is 6.57. The van der Waals surface area contributed by atoms with E-state index in [2.05, 4.69) is 43.5 Å². The van der Waals surface area contributed by atoms with Crippen molar-refractivity contribution in [2.75, 3.05) is 5.75 Å². The summed E-state index contributed by atoms with van der Waals surface area (Å²) >= 11 is 0.